The summed E-state index contributed by atoms with van der Waals surface area (Å²) in [6, 6.07) is 20.1. The summed E-state index contributed by atoms with van der Waals surface area (Å²) in [7, 11) is 6.65. The third kappa shape index (κ3) is 2.21. The smallest absolute Gasteiger partial charge is 0.185 e. The van der Waals surface area contributed by atoms with Crippen molar-refractivity contribution < 1.29 is 0 Å². The second kappa shape index (κ2) is 6.10. The minimum absolute atomic E-state index is 0.164. The van der Waals surface area contributed by atoms with Crippen LogP contribution in [-0.2, 0) is 0 Å². The molecule has 2 atom stereocenters. The van der Waals surface area contributed by atoms with Crippen LogP contribution in [0, 0.1) is 13.8 Å². The molecule has 0 saturated heterocycles. The quantitative estimate of drug-likeness (QED) is 0.520. The number of nitrogens with zero attached hydrogens (tertiary/aromatic N) is 5. The summed E-state index contributed by atoms with van der Waals surface area (Å²) in [6.45, 7) is 6.68. The molecule has 3 aromatic rings. The van der Waals surface area contributed by atoms with E-state index in [1.165, 1.54) is 50.9 Å². The SMILES string of the molecule is Cc1ccc(C)c(N2c3ccc4c(c3N(C)[C@@H]2C)N(C)C2N(C)c3ccccc3N42)c1. The maximum atomic E-state index is 2.49. The van der Waals surface area contributed by atoms with Gasteiger partial charge >= 0.3 is 0 Å². The summed E-state index contributed by atoms with van der Waals surface area (Å²) in [6.07, 6.45) is 0.410. The molecular weight excluding hydrogens is 382 g/mol. The topological polar surface area (TPSA) is 16.2 Å². The third-order valence-corrected chi connectivity index (χ3v) is 7.34. The van der Waals surface area contributed by atoms with Crippen molar-refractivity contribution in [3.8, 4) is 0 Å². The summed E-state index contributed by atoms with van der Waals surface area (Å²) in [5, 5.41) is 0. The van der Waals surface area contributed by atoms with E-state index in [9.17, 15) is 0 Å². The largest absolute Gasteiger partial charge is 0.351 e. The number of hydrogen-bond acceptors (Lipinski definition) is 5. The lowest BCUT2D eigenvalue weighted by Crippen LogP contribution is -2.46. The van der Waals surface area contributed by atoms with Gasteiger partial charge in [-0.05, 0) is 62.2 Å². The van der Waals surface area contributed by atoms with Gasteiger partial charge in [-0.2, -0.15) is 0 Å². The van der Waals surface area contributed by atoms with E-state index in [0.29, 0.717) is 0 Å². The Morgan fingerprint density at radius 1 is 0.613 bits per heavy atom. The molecule has 0 fully saturated rings. The Hall–Kier alpha value is -3.34. The van der Waals surface area contributed by atoms with Crippen LogP contribution in [-0.4, -0.2) is 33.6 Å². The molecule has 0 aromatic heterocycles. The fourth-order valence-electron chi connectivity index (χ4n) is 5.70. The Bertz CT molecular complexity index is 1220. The van der Waals surface area contributed by atoms with Crippen molar-refractivity contribution >= 4 is 39.8 Å². The van der Waals surface area contributed by atoms with Crippen molar-refractivity contribution in [2.24, 2.45) is 0 Å². The van der Waals surface area contributed by atoms with Gasteiger partial charge in [-0.3, -0.25) is 4.90 Å². The molecule has 5 heteroatoms. The molecule has 0 spiro atoms. The molecule has 0 aliphatic carbocycles. The van der Waals surface area contributed by atoms with Crippen molar-refractivity contribution in [3.63, 3.8) is 0 Å². The lowest BCUT2D eigenvalue weighted by molar-refractivity contribution is 0.682. The van der Waals surface area contributed by atoms with E-state index in [1.54, 1.807) is 0 Å². The Balaban J connectivity index is 1.56. The molecule has 0 radical (unpaired) electrons. The first-order chi connectivity index (χ1) is 14.9. The van der Waals surface area contributed by atoms with Gasteiger partial charge in [-0.1, -0.05) is 24.3 Å². The minimum atomic E-state index is 0.164. The van der Waals surface area contributed by atoms with Gasteiger partial charge in [0.25, 0.3) is 0 Å². The Kier molecular flexibility index (Phi) is 3.62. The van der Waals surface area contributed by atoms with E-state index >= 15 is 0 Å². The number of rotatable bonds is 1. The van der Waals surface area contributed by atoms with Crippen LogP contribution in [0.4, 0.5) is 39.8 Å². The van der Waals surface area contributed by atoms with Gasteiger partial charge in [-0.15, -0.1) is 0 Å². The lowest BCUT2D eigenvalue weighted by atomic mass is 10.1. The van der Waals surface area contributed by atoms with E-state index in [4.69, 9.17) is 0 Å². The molecule has 0 N–H and O–H groups in total. The molecule has 3 aliphatic heterocycles. The van der Waals surface area contributed by atoms with Gasteiger partial charge in [0.05, 0.1) is 34.1 Å². The van der Waals surface area contributed by atoms with Crippen molar-refractivity contribution in [3.05, 3.63) is 65.7 Å². The van der Waals surface area contributed by atoms with E-state index in [2.05, 4.69) is 121 Å². The first-order valence-corrected chi connectivity index (χ1v) is 11.0. The zero-order valence-corrected chi connectivity index (χ0v) is 19.1. The van der Waals surface area contributed by atoms with Crippen LogP contribution < -0.4 is 24.5 Å². The van der Waals surface area contributed by atoms with Crippen LogP contribution in [0.15, 0.2) is 54.6 Å². The van der Waals surface area contributed by atoms with Crippen molar-refractivity contribution in [1.82, 2.24) is 0 Å². The lowest BCUT2D eigenvalue weighted by Gasteiger charge is -2.31. The summed E-state index contributed by atoms with van der Waals surface area (Å²) < 4.78 is 0. The molecular formula is C26H29N5. The van der Waals surface area contributed by atoms with Crippen LogP contribution in [0.3, 0.4) is 0 Å². The predicted octanol–water partition coefficient (Wildman–Crippen LogP) is 5.56. The van der Waals surface area contributed by atoms with Gasteiger partial charge in [0, 0.05) is 26.8 Å². The average Bonchev–Trinajstić information content (AvgIpc) is 3.32. The van der Waals surface area contributed by atoms with Crippen LogP contribution in [0.2, 0.25) is 0 Å². The van der Waals surface area contributed by atoms with Gasteiger partial charge in [-0.25, -0.2) is 0 Å². The van der Waals surface area contributed by atoms with Crippen molar-refractivity contribution in [2.75, 3.05) is 45.6 Å². The summed E-state index contributed by atoms with van der Waals surface area (Å²) in [5.41, 5.74) is 11.6. The summed E-state index contributed by atoms with van der Waals surface area (Å²) in [4.78, 5) is 12.2. The molecule has 0 amide bonds. The van der Waals surface area contributed by atoms with Crippen molar-refractivity contribution in [1.29, 1.82) is 0 Å². The van der Waals surface area contributed by atoms with E-state index in [1.807, 2.05) is 0 Å². The standard InChI is InChI=1S/C26H29N5/c1-16-11-12-17(2)23(15-16)30-18(3)27(4)24-21(30)13-14-22-25(24)29(6)26-28(5)19-9-7-8-10-20(19)31(22)26/h7-15,18,26H,1-6H3/t18-,26?/m0/s1. The van der Waals surface area contributed by atoms with E-state index in [0.717, 1.165) is 0 Å². The van der Waals surface area contributed by atoms with Gasteiger partial charge < -0.3 is 19.6 Å². The predicted molar refractivity (Wildman–Crippen MR) is 132 cm³/mol. The van der Waals surface area contributed by atoms with Crippen molar-refractivity contribution in [2.45, 2.75) is 33.2 Å². The average molecular weight is 412 g/mol. The molecule has 5 nitrogen and oxygen atoms in total. The maximum absolute atomic E-state index is 2.49. The zero-order valence-electron chi connectivity index (χ0n) is 19.1. The normalized spacial score (nSPS) is 20.9. The summed E-state index contributed by atoms with van der Waals surface area (Å²) >= 11 is 0. The number of anilines is 7. The fraction of sp³-hybridized carbons (Fsp3) is 0.308. The number of benzene rings is 3. The molecule has 158 valence electrons. The second-order valence-electron chi connectivity index (χ2n) is 9.13. The molecule has 6 rings (SSSR count). The number of hydrogen-bond donors (Lipinski definition) is 0. The van der Waals surface area contributed by atoms with Gasteiger partial charge in [0.15, 0.2) is 6.29 Å². The number of para-hydroxylation sites is 2. The van der Waals surface area contributed by atoms with Crippen LogP contribution >= 0.6 is 0 Å². The molecule has 0 bridgehead atoms. The minimum Gasteiger partial charge on any atom is -0.351 e. The maximum Gasteiger partial charge on any atom is 0.185 e. The summed E-state index contributed by atoms with van der Waals surface area (Å²) in [5.74, 6) is 0. The third-order valence-electron chi connectivity index (χ3n) is 7.34. The highest BCUT2D eigenvalue weighted by Crippen LogP contribution is 2.59. The number of aryl methyl sites for hydroxylation is 2. The fourth-order valence-corrected chi connectivity index (χ4v) is 5.70. The molecule has 0 saturated carbocycles. The monoisotopic (exact) mass is 411 g/mol. The Morgan fingerprint density at radius 2 is 1.26 bits per heavy atom. The first-order valence-electron chi connectivity index (χ1n) is 11.0. The van der Waals surface area contributed by atoms with Gasteiger partial charge in [0.2, 0.25) is 0 Å². The number of fused-ring (bicyclic) bond motifs is 7. The highest BCUT2D eigenvalue weighted by molar-refractivity contribution is 6.04. The Labute approximate surface area is 184 Å². The molecule has 3 aliphatic rings. The molecule has 3 aromatic carbocycles. The van der Waals surface area contributed by atoms with Crippen LogP contribution in [0.25, 0.3) is 0 Å². The second-order valence-corrected chi connectivity index (χ2v) is 9.13. The van der Waals surface area contributed by atoms with E-state index < -0.39 is 0 Å². The zero-order chi connectivity index (χ0) is 21.6. The highest BCUT2D eigenvalue weighted by Gasteiger charge is 2.48. The molecule has 1 unspecified atom stereocenters. The van der Waals surface area contributed by atoms with Gasteiger partial charge in [0.1, 0.15) is 6.17 Å². The molecule has 31 heavy (non-hydrogen) atoms. The first kappa shape index (κ1) is 18.4. The Morgan fingerprint density at radius 3 is 2.00 bits per heavy atom. The van der Waals surface area contributed by atoms with Crippen LogP contribution in [0.1, 0.15) is 18.1 Å². The van der Waals surface area contributed by atoms with E-state index in [-0.39, 0.29) is 12.5 Å². The highest BCUT2D eigenvalue weighted by atomic mass is 15.6. The molecule has 3 heterocycles. The van der Waals surface area contributed by atoms with Crippen LogP contribution in [0.5, 0.6) is 0 Å².